The predicted molar refractivity (Wildman–Crippen MR) is 33.5 cm³/mol. The van der Waals surface area contributed by atoms with Gasteiger partial charge in [0.2, 0.25) is 0 Å². The molecule has 0 radical (unpaired) electrons. The summed E-state index contributed by atoms with van der Waals surface area (Å²) in [6, 6.07) is 0. The minimum Gasteiger partial charge on any atom is -0.257 e. The Hall–Kier alpha value is -0.400. The SMILES string of the molecule is NNNNNNNNNN. The van der Waals surface area contributed by atoms with Gasteiger partial charge < -0.3 is 0 Å². The number of hydrazine groups is 9. The van der Waals surface area contributed by atoms with Crippen molar-refractivity contribution in [2.45, 2.75) is 0 Å². The molecular formula is H12N10. The van der Waals surface area contributed by atoms with E-state index in [1.54, 1.807) is 0 Å². The monoisotopic (exact) mass is 152 g/mol. The maximum Gasteiger partial charge on any atom is -0.164 e. The van der Waals surface area contributed by atoms with Crippen LogP contribution in [0.15, 0.2) is 0 Å². The number of hydrogen-bond donors (Lipinski definition) is 10. The molecule has 0 saturated carbocycles. The van der Waals surface area contributed by atoms with Gasteiger partial charge in [-0.15, -0.1) is 0 Å². The second-order valence-electron chi connectivity index (χ2n) is 1.04. The van der Waals surface area contributed by atoms with Gasteiger partial charge >= 0.3 is 0 Å². The van der Waals surface area contributed by atoms with E-state index in [4.69, 9.17) is 11.7 Å². The van der Waals surface area contributed by atoms with E-state index < -0.39 is 0 Å². The van der Waals surface area contributed by atoms with Crippen molar-refractivity contribution in [1.82, 2.24) is 44.3 Å². The molecule has 0 aliphatic carbocycles. The van der Waals surface area contributed by atoms with Crippen LogP contribution in [0.2, 0.25) is 0 Å². The zero-order valence-electron chi connectivity index (χ0n) is 5.15. The summed E-state index contributed by atoms with van der Waals surface area (Å²) >= 11 is 0. The van der Waals surface area contributed by atoms with E-state index in [1.807, 2.05) is 0 Å². The fraction of sp³-hybridized carbons (Fsp3) is 0. The Morgan fingerprint density at radius 2 is 0.800 bits per heavy atom. The van der Waals surface area contributed by atoms with Crippen molar-refractivity contribution >= 4 is 0 Å². The van der Waals surface area contributed by atoms with Gasteiger partial charge in [-0.1, -0.05) is 0 Å². The summed E-state index contributed by atoms with van der Waals surface area (Å²) in [6.45, 7) is 0. The molecule has 62 valence electrons. The Labute approximate surface area is 57.2 Å². The minimum atomic E-state index is 2.11. The predicted octanol–water partition coefficient (Wildman–Crippen LogP) is -5.14. The third-order valence-corrected chi connectivity index (χ3v) is 0.457. The molecule has 0 fully saturated rings. The molecule has 0 aromatic carbocycles. The van der Waals surface area contributed by atoms with E-state index in [2.05, 4.69) is 44.3 Å². The summed E-state index contributed by atoms with van der Waals surface area (Å²) < 4.78 is 0. The third kappa shape index (κ3) is 7.60. The highest BCUT2D eigenvalue weighted by atomic mass is 15.9. The Morgan fingerprint density at radius 1 is 0.500 bits per heavy atom. The molecule has 0 saturated heterocycles. The van der Waals surface area contributed by atoms with Gasteiger partial charge in [0.25, 0.3) is 0 Å². The molecule has 12 N–H and O–H groups in total. The molecule has 0 aromatic rings. The third-order valence-electron chi connectivity index (χ3n) is 0.457. The standard InChI is InChI=1S/H12N10/c1-3-5-7-9-10-8-6-4-2/h3-10H,1-2H2. The smallest absolute Gasteiger partial charge is 0.164 e. The fourth-order valence-electron chi connectivity index (χ4n) is 0.197. The van der Waals surface area contributed by atoms with Crippen molar-refractivity contribution in [3.8, 4) is 0 Å². The van der Waals surface area contributed by atoms with Gasteiger partial charge in [-0.25, -0.2) is 0 Å². The first-order valence-corrected chi connectivity index (χ1v) is 2.33. The summed E-state index contributed by atoms with van der Waals surface area (Å²) in [5.74, 6) is 9.62. The number of nitrogens with two attached hydrogens (primary N) is 2. The molecule has 10 heavy (non-hydrogen) atoms. The summed E-state index contributed by atoms with van der Waals surface area (Å²) in [6.07, 6.45) is 0. The Morgan fingerprint density at radius 3 is 1.10 bits per heavy atom. The Kier molecular flexibility index (Phi) is 8.26. The normalized spacial score (nSPS) is 10.2. The molecule has 0 amide bonds. The fourth-order valence-corrected chi connectivity index (χ4v) is 0.197. The van der Waals surface area contributed by atoms with E-state index in [0.717, 1.165) is 0 Å². The van der Waals surface area contributed by atoms with Gasteiger partial charge in [0.15, 0.2) is 0 Å². The van der Waals surface area contributed by atoms with Crippen molar-refractivity contribution in [1.29, 1.82) is 0 Å². The maximum absolute atomic E-state index is 4.81. The summed E-state index contributed by atoms with van der Waals surface area (Å²) in [5.41, 5.74) is 18.4. The van der Waals surface area contributed by atoms with Crippen LogP contribution in [0.3, 0.4) is 0 Å². The quantitative estimate of drug-likeness (QED) is 0.0974. The lowest BCUT2D eigenvalue weighted by Gasteiger charge is -2.09. The topological polar surface area (TPSA) is 148 Å². The molecule has 10 heteroatoms. The molecule has 0 bridgehead atoms. The van der Waals surface area contributed by atoms with Crippen molar-refractivity contribution in [2.24, 2.45) is 11.7 Å². The van der Waals surface area contributed by atoms with Crippen LogP contribution in [0.5, 0.6) is 0 Å². The summed E-state index contributed by atoms with van der Waals surface area (Å²) in [4.78, 5) is 0. The maximum atomic E-state index is 4.81. The first kappa shape index (κ1) is 9.60. The zero-order chi connectivity index (χ0) is 7.66. The van der Waals surface area contributed by atoms with Gasteiger partial charge in [-0.3, -0.25) is 11.7 Å². The first-order chi connectivity index (χ1) is 4.91. The van der Waals surface area contributed by atoms with Gasteiger partial charge in [-0.2, -0.15) is 44.3 Å². The zero-order valence-corrected chi connectivity index (χ0v) is 5.15. The molecule has 0 aromatic heterocycles. The molecule has 10 nitrogen and oxygen atoms in total. The molecule has 0 atom stereocenters. The first-order valence-electron chi connectivity index (χ1n) is 2.33. The van der Waals surface area contributed by atoms with Crippen molar-refractivity contribution in [3.05, 3.63) is 0 Å². The Balaban J connectivity index is 2.65. The molecule has 0 rings (SSSR count). The highest BCUT2D eigenvalue weighted by Crippen LogP contribution is 1.21. The number of nitrogens with one attached hydrogen (secondary N) is 8. The second-order valence-corrected chi connectivity index (χ2v) is 1.04. The van der Waals surface area contributed by atoms with Gasteiger partial charge in [0.05, 0.1) is 0 Å². The van der Waals surface area contributed by atoms with Crippen LogP contribution in [0.1, 0.15) is 0 Å². The highest BCUT2D eigenvalue weighted by molar-refractivity contribution is 4.10. The van der Waals surface area contributed by atoms with Gasteiger partial charge in [0.1, 0.15) is 0 Å². The molecule has 0 spiro atoms. The molecular weight excluding hydrogens is 140 g/mol. The lowest BCUT2D eigenvalue weighted by atomic mass is 12.1. The van der Waals surface area contributed by atoms with Crippen LogP contribution in [0, 0.1) is 0 Å². The molecule has 0 unspecified atom stereocenters. The van der Waals surface area contributed by atoms with E-state index in [0.29, 0.717) is 0 Å². The highest BCUT2D eigenvalue weighted by Gasteiger charge is 1.76. The van der Waals surface area contributed by atoms with Crippen molar-refractivity contribution in [3.63, 3.8) is 0 Å². The number of rotatable bonds is 7. The van der Waals surface area contributed by atoms with Crippen molar-refractivity contribution in [2.75, 3.05) is 0 Å². The minimum absolute atomic E-state index is 2.11. The van der Waals surface area contributed by atoms with Crippen molar-refractivity contribution < 1.29 is 0 Å². The molecule has 0 heterocycles. The van der Waals surface area contributed by atoms with Crippen LogP contribution >= 0.6 is 0 Å². The van der Waals surface area contributed by atoms with E-state index in [9.17, 15) is 0 Å². The van der Waals surface area contributed by atoms with Crippen LogP contribution < -0.4 is 56.0 Å². The van der Waals surface area contributed by atoms with Crippen LogP contribution in [0.4, 0.5) is 0 Å². The molecule has 0 aliphatic rings. The largest absolute Gasteiger partial charge is 0.257 e. The van der Waals surface area contributed by atoms with E-state index in [-0.39, 0.29) is 0 Å². The van der Waals surface area contributed by atoms with Crippen LogP contribution in [-0.4, -0.2) is 0 Å². The lowest BCUT2D eigenvalue weighted by Crippen LogP contribution is -2.64. The van der Waals surface area contributed by atoms with Crippen LogP contribution in [-0.2, 0) is 0 Å². The second kappa shape index (κ2) is 8.60. The van der Waals surface area contributed by atoms with Gasteiger partial charge in [-0.05, 0) is 0 Å². The van der Waals surface area contributed by atoms with E-state index in [1.165, 1.54) is 0 Å². The average molecular weight is 152 g/mol. The summed E-state index contributed by atoms with van der Waals surface area (Å²) in [5, 5.41) is 0. The van der Waals surface area contributed by atoms with Gasteiger partial charge in [0, 0.05) is 0 Å². The Bertz CT molecular complexity index is 40.0. The van der Waals surface area contributed by atoms with E-state index >= 15 is 0 Å². The van der Waals surface area contributed by atoms with Crippen LogP contribution in [0.25, 0.3) is 0 Å². The average Bonchev–Trinajstić information content (AvgIpc) is 1.97. The summed E-state index contributed by atoms with van der Waals surface area (Å²) in [7, 11) is 0. The molecule has 0 aliphatic heterocycles. The lowest BCUT2D eigenvalue weighted by molar-refractivity contribution is 0.257. The number of hydrogen-bond acceptors (Lipinski definition) is 10.